The van der Waals surface area contributed by atoms with Gasteiger partial charge in [-0.3, -0.25) is 9.36 Å². The van der Waals surface area contributed by atoms with E-state index in [1.54, 1.807) is 11.7 Å². The molecule has 0 unspecified atom stereocenters. The third-order valence-electron chi connectivity index (χ3n) is 4.82. The van der Waals surface area contributed by atoms with E-state index in [2.05, 4.69) is 4.98 Å². The first-order chi connectivity index (χ1) is 14.2. The molecule has 29 heavy (non-hydrogen) atoms. The van der Waals surface area contributed by atoms with Gasteiger partial charge in [-0.25, -0.2) is 4.98 Å². The lowest BCUT2D eigenvalue weighted by atomic mass is 10.1. The van der Waals surface area contributed by atoms with E-state index in [1.807, 2.05) is 66.9 Å². The molecule has 2 aromatic carbocycles. The second-order valence-corrected chi connectivity index (χ2v) is 7.55. The summed E-state index contributed by atoms with van der Waals surface area (Å²) in [5, 5.41) is 2.68. The van der Waals surface area contributed by atoms with Crippen LogP contribution in [-0.4, -0.2) is 23.3 Å². The van der Waals surface area contributed by atoms with Crippen LogP contribution in [0.1, 0.15) is 12.2 Å². The zero-order chi connectivity index (χ0) is 20.2. The normalized spacial score (nSPS) is 11.0. The summed E-state index contributed by atoms with van der Waals surface area (Å²) >= 11 is 1.50. The maximum Gasteiger partial charge on any atom is 0.262 e. The summed E-state index contributed by atoms with van der Waals surface area (Å²) in [4.78, 5) is 18.7. The molecular weight excluding hydrogens is 384 g/mol. The van der Waals surface area contributed by atoms with Crippen molar-refractivity contribution >= 4 is 21.6 Å². The van der Waals surface area contributed by atoms with E-state index in [0.29, 0.717) is 18.5 Å². The summed E-state index contributed by atoms with van der Waals surface area (Å²) in [5.74, 6) is 2.35. The van der Waals surface area contributed by atoms with Crippen molar-refractivity contribution in [2.24, 2.45) is 0 Å². The predicted octanol–water partition coefficient (Wildman–Crippen LogP) is 4.91. The highest BCUT2D eigenvalue weighted by molar-refractivity contribution is 7.17. The van der Waals surface area contributed by atoms with Crippen molar-refractivity contribution in [2.75, 3.05) is 13.7 Å². The summed E-state index contributed by atoms with van der Waals surface area (Å²) < 4.78 is 12.7. The Morgan fingerprint density at radius 1 is 1.03 bits per heavy atom. The molecule has 0 bridgehead atoms. The molecule has 6 heteroatoms. The van der Waals surface area contributed by atoms with Crippen LogP contribution in [0.25, 0.3) is 21.3 Å². The smallest absolute Gasteiger partial charge is 0.262 e. The van der Waals surface area contributed by atoms with Gasteiger partial charge < -0.3 is 9.47 Å². The summed E-state index contributed by atoms with van der Waals surface area (Å²) in [5.41, 5.74) is 1.90. The number of ether oxygens (including phenoxy) is 2. The molecule has 5 nitrogen and oxygen atoms in total. The van der Waals surface area contributed by atoms with E-state index >= 15 is 0 Å². The van der Waals surface area contributed by atoms with E-state index < -0.39 is 0 Å². The molecule has 0 spiro atoms. The Bertz CT molecular complexity index is 1160. The van der Waals surface area contributed by atoms with Crippen LogP contribution in [0.4, 0.5) is 0 Å². The molecule has 4 aromatic rings. The molecule has 2 heterocycles. The SMILES string of the molecule is COc1ccc(-c2csc3nc(C)n(CCCOc4ccccc4)c(=O)c23)cc1. The van der Waals surface area contributed by atoms with E-state index in [-0.39, 0.29) is 5.56 Å². The van der Waals surface area contributed by atoms with Crippen molar-refractivity contribution in [3.8, 4) is 22.6 Å². The number of nitrogens with zero attached hydrogens (tertiary/aromatic N) is 2. The molecule has 0 aliphatic heterocycles. The number of rotatable bonds is 7. The average molecular weight is 407 g/mol. The number of aryl methyl sites for hydroxylation is 1. The molecule has 0 radical (unpaired) electrons. The van der Waals surface area contributed by atoms with Gasteiger partial charge in [0.2, 0.25) is 0 Å². The molecule has 2 aromatic heterocycles. The maximum absolute atomic E-state index is 13.3. The Hall–Kier alpha value is -3.12. The Kier molecular flexibility index (Phi) is 5.62. The minimum absolute atomic E-state index is 0.000667. The van der Waals surface area contributed by atoms with Crippen molar-refractivity contribution in [3.05, 3.63) is 76.2 Å². The molecule has 0 aliphatic rings. The summed E-state index contributed by atoms with van der Waals surface area (Å²) in [6.07, 6.45) is 0.727. The fraction of sp³-hybridized carbons (Fsp3) is 0.217. The molecule has 148 valence electrons. The Labute approximate surface area is 173 Å². The topological polar surface area (TPSA) is 53.4 Å². The highest BCUT2D eigenvalue weighted by Gasteiger charge is 2.15. The van der Waals surface area contributed by atoms with Gasteiger partial charge in [-0.2, -0.15) is 0 Å². The van der Waals surface area contributed by atoms with Gasteiger partial charge in [0, 0.05) is 17.5 Å². The van der Waals surface area contributed by atoms with Crippen molar-refractivity contribution in [2.45, 2.75) is 19.9 Å². The minimum Gasteiger partial charge on any atom is -0.497 e. The molecule has 0 amide bonds. The van der Waals surface area contributed by atoms with Gasteiger partial charge in [0.05, 0.1) is 19.1 Å². The number of hydrogen-bond acceptors (Lipinski definition) is 5. The summed E-state index contributed by atoms with van der Waals surface area (Å²) in [7, 11) is 1.64. The molecular formula is C23H22N2O3S. The maximum atomic E-state index is 13.3. The lowest BCUT2D eigenvalue weighted by Gasteiger charge is -2.11. The van der Waals surface area contributed by atoms with Crippen LogP contribution in [0.2, 0.25) is 0 Å². The fourth-order valence-electron chi connectivity index (χ4n) is 3.30. The number of methoxy groups -OCH3 is 1. The minimum atomic E-state index is -0.000667. The van der Waals surface area contributed by atoms with Crippen molar-refractivity contribution in [3.63, 3.8) is 0 Å². The number of fused-ring (bicyclic) bond motifs is 1. The standard InChI is InChI=1S/C23H22N2O3S/c1-16-24-22-21(20(15-29-22)17-9-11-18(27-2)12-10-17)23(26)25(16)13-6-14-28-19-7-4-3-5-8-19/h3-5,7-12,15H,6,13-14H2,1-2H3. The monoisotopic (exact) mass is 406 g/mol. The molecule has 0 N–H and O–H groups in total. The third-order valence-corrected chi connectivity index (χ3v) is 5.70. The van der Waals surface area contributed by atoms with Gasteiger partial charge in [-0.05, 0) is 43.2 Å². The zero-order valence-electron chi connectivity index (χ0n) is 16.4. The molecule has 0 saturated heterocycles. The van der Waals surface area contributed by atoms with Crippen LogP contribution in [0.3, 0.4) is 0 Å². The predicted molar refractivity (Wildman–Crippen MR) is 117 cm³/mol. The van der Waals surface area contributed by atoms with Crippen LogP contribution in [0, 0.1) is 6.92 Å². The Morgan fingerprint density at radius 3 is 2.52 bits per heavy atom. The quantitative estimate of drug-likeness (QED) is 0.409. The van der Waals surface area contributed by atoms with Gasteiger partial charge in [-0.1, -0.05) is 30.3 Å². The Morgan fingerprint density at radius 2 is 1.79 bits per heavy atom. The van der Waals surface area contributed by atoms with E-state index in [9.17, 15) is 4.79 Å². The number of benzene rings is 2. The molecule has 0 atom stereocenters. The molecule has 0 aliphatic carbocycles. The van der Waals surface area contributed by atoms with Crippen LogP contribution < -0.4 is 15.0 Å². The first-order valence-corrected chi connectivity index (χ1v) is 10.4. The average Bonchev–Trinajstić information content (AvgIpc) is 3.17. The van der Waals surface area contributed by atoms with Crippen molar-refractivity contribution in [1.29, 1.82) is 0 Å². The largest absolute Gasteiger partial charge is 0.497 e. The first kappa shape index (κ1) is 19.2. The van der Waals surface area contributed by atoms with E-state index in [4.69, 9.17) is 9.47 Å². The second-order valence-electron chi connectivity index (χ2n) is 6.69. The van der Waals surface area contributed by atoms with Crippen LogP contribution in [0.5, 0.6) is 11.5 Å². The lowest BCUT2D eigenvalue weighted by Crippen LogP contribution is -2.24. The molecule has 0 fully saturated rings. The van der Waals surface area contributed by atoms with E-state index in [1.165, 1.54) is 11.3 Å². The third kappa shape index (κ3) is 4.03. The number of thiophene rings is 1. The van der Waals surface area contributed by atoms with Gasteiger partial charge >= 0.3 is 0 Å². The number of hydrogen-bond donors (Lipinski definition) is 0. The van der Waals surface area contributed by atoms with Gasteiger partial charge in [-0.15, -0.1) is 11.3 Å². The number of aromatic nitrogens is 2. The highest BCUT2D eigenvalue weighted by atomic mass is 32.1. The van der Waals surface area contributed by atoms with Crippen molar-refractivity contribution in [1.82, 2.24) is 9.55 Å². The van der Waals surface area contributed by atoms with Crippen LogP contribution in [0.15, 0.2) is 64.8 Å². The van der Waals surface area contributed by atoms with Gasteiger partial charge in [0.25, 0.3) is 5.56 Å². The Balaban J connectivity index is 1.58. The summed E-state index contributed by atoms with van der Waals surface area (Å²) in [6, 6.07) is 17.4. The molecule has 4 rings (SSSR count). The highest BCUT2D eigenvalue weighted by Crippen LogP contribution is 2.32. The van der Waals surface area contributed by atoms with Gasteiger partial charge in [0.1, 0.15) is 22.2 Å². The number of para-hydroxylation sites is 1. The fourth-order valence-corrected chi connectivity index (χ4v) is 4.29. The first-order valence-electron chi connectivity index (χ1n) is 9.48. The van der Waals surface area contributed by atoms with E-state index in [0.717, 1.165) is 39.7 Å². The molecule has 0 saturated carbocycles. The summed E-state index contributed by atoms with van der Waals surface area (Å²) in [6.45, 7) is 2.99. The van der Waals surface area contributed by atoms with Gasteiger partial charge in [0.15, 0.2) is 0 Å². The lowest BCUT2D eigenvalue weighted by molar-refractivity contribution is 0.300. The second kappa shape index (κ2) is 8.49. The zero-order valence-corrected chi connectivity index (χ0v) is 17.2. The van der Waals surface area contributed by atoms with Crippen LogP contribution >= 0.6 is 11.3 Å². The van der Waals surface area contributed by atoms with Crippen LogP contribution in [-0.2, 0) is 6.54 Å². The van der Waals surface area contributed by atoms with Crippen molar-refractivity contribution < 1.29 is 9.47 Å².